The van der Waals surface area contributed by atoms with Crippen LogP contribution in [-0.4, -0.2) is 45.5 Å². The Morgan fingerprint density at radius 3 is 2.83 bits per heavy atom. The highest BCUT2D eigenvalue weighted by molar-refractivity contribution is 5.05. The van der Waals surface area contributed by atoms with Gasteiger partial charge in [0.1, 0.15) is 0 Å². The SMILES string of the molecule is CC(C)n1ccc(CC2(O)CCCN(C)CC2)n1. The molecular weight excluding hydrogens is 226 g/mol. The monoisotopic (exact) mass is 251 g/mol. The van der Waals surface area contributed by atoms with Crippen molar-refractivity contribution in [1.29, 1.82) is 0 Å². The highest BCUT2D eigenvalue weighted by atomic mass is 16.3. The fourth-order valence-electron chi connectivity index (χ4n) is 2.59. The van der Waals surface area contributed by atoms with Crippen LogP contribution in [-0.2, 0) is 6.42 Å². The first-order valence-corrected chi connectivity index (χ1v) is 6.93. The quantitative estimate of drug-likeness (QED) is 0.891. The van der Waals surface area contributed by atoms with Crippen molar-refractivity contribution in [2.24, 2.45) is 0 Å². The molecule has 0 aromatic carbocycles. The number of aliphatic hydroxyl groups is 1. The lowest BCUT2D eigenvalue weighted by Gasteiger charge is -2.25. The van der Waals surface area contributed by atoms with Crippen molar-refractivity contribution < 1.29 is 5.11 Å². The van der Waals surface area contributed by atoms with E-state index >= 15 is 0 Å². The van der Waals surface area contributed by atoms with Gasteiger partial charge < -0.3 is 10.0 Å². The summed E-state index contributed by atoms with van der Waals surface area (Å²) >= 11 is 0. The Labute approximate surface area is 110 Å². The summed E-state index contributed by atoms with van der Waals surface area (Å²) in [4.78, 5) is 2.30. The summed E-state index contributed by atoms with van der Waals surface area (Å²) in [5, 5.41) is 15.2. The lowest BCUT2D eigenvalue weighted by Crippen LogP contribution is -2.33. The molecule has 0 saturated carbocycles. The third-order valence-electron chi connectivity index (χ3n) is 3.84. The highest BCUT2D eigenvalue weighted by Crippen LogP contribution is 2.25. The number of nitrogens with zero attached hydrogens (tertiary/aromatic N) is 3. The van der Waals surface area contributed by atoms with Crippen molar-refractivity contribution in [1.82, 2.24) is 14.7 Å². The van der Waals surface area contributed by atoms with E-state index in [4.69, 9.17) is 0 Å². The van der Waals surface area contributed by atoms with E-state index in [9.17, 15) is 5.11 Å². The van der Waals surface area contributed by atoms with Crippen LogP contribution in [0, 0.1) is 0 Å². The van der Waals surface area contributed by atoms with E-state index < -0.39 is 5.60 Å². The Kier molecular flexibility index (Phi) is 4.07. The second-order valence-corrected chi connectivity index (χ2v) is 5.94. The van der Waals surface area contributed by atoms with Crippen molar-refractivity contribution in [3.63, 3.8) is 0 Å². The smallest absolute Gasteiger partial charge is 0.0716 e. The largest absolute Gasteiger partial charge is 0.389 e. The number of likely N-dealkylation sites (tertiary alicyclic amines) is 1. The van der Waals surface area contributed by atoms with Crippen LogP contribution < -0.4 is 0 Å². The molecule has 2 rings (SSSR count). The van der Waals surface area contributed by atoms with Gasteiger partial charge in [0.05, 0.1) is 11.3 Å². The van der Waals surface area contributed by atoms with E-state index in [1.807, 2.05) is 16.9 Å². The lowest BCUT2D eigenvalue weighted by atomic mass is 9.90. The van der Waals surface area contributed by atoms with Crippen LogP contribution in [0.4, 0.5) is 0 Å². The molecule has 4 heteroatoms. The van der Waals surface area contributed by atoms with Gasteiger partial charge in [-0.15, -0.1) is 0 Å². The van der Waals surface area contributed by atoms with Crippen LogP contribution in [0.15, 0.2) is 12.3 Å². The Morgan fingerprint density at radius 1 is 1.39 bits per heavy atom. The van der Waals surface area contributed by atoms with Gasteiger partial charge in [-0.05, 0) is 52.8 Å². The summed E-state index contributed by atoms with van der Waals surface area (Å²) in [5.74, 6) is 0. The standard InChI is InChI=1S/C14H25N3O/c1-12(2)17-9-5-13(15-17)11-14(18)6-4-8-16(3)10-7-14/h5,9,12,18H,4,6-8,10-11H2,1-3H3. The Morgan fingerprint density at radius 2 is 2.17 bits per heavy atom. The predicted molar refractivity (Wildman–Crippen MR) is 72.6 cm³/mol. The minimum atomic E-state index is -0.569. The molecule has 1 fully saturated rings. The summed E-state index contributed by atoms with van der Waals surface area (Å²) in [5.41, 5.74) is 0.441. The van der Waals surface area contributed by atoms with Crippen molar-refractivity contribution in [2.75, 3.05) is 20.1 Å². The van der Waals surface area contributed by atoms with Crippen molar-refractivity contribution >= 4 is 0 Å². The van der Waals surface area contributed by atoms with Gasteiger partial charge in [-0.2, -0.15) is 5.10 Å². The van der Waals surface area contributed by atoms with Crippen LogP contribution in [0.3, 0.4) is 0 Å². The number of rotatable bonds is 3. The summed E-state index contributed by atoms with van der Waals surface area (Å²) in [7, 11) is 2.12. The fourth-order valence-corrected chi connectivity index (χ4v) is 2.59. The van der Waals surface area contributed by atoms with Crippen molar-refractivity contribution in [3.8, 4) is 0 Å². The molecule has 1 aromatic rings. The van der Waals surface area contributed by atoms with Crippen LogP contribution >= 0.6 is 0 Å². The zero-order valence-corrected chi connectivity index (χ0v) is 11.8. The molecule has 2 heterocycles. The van der Waals surface area contributed by atoms with Crippen LogP contribution in [0.1, 0.15) is 44.8 Å². The topological polar surface area (TPSA) is 41.3 Å². The molecule has 1 unspecified atom stereocenters. The maximum Gasteiger partial charge on any atom is 0.0716 e. The molecule has 1 atom stereocenters. The van der Waals surface area contributed by atoms with Gasteiger partial charge in [0.25, 0.3) is 0 Å². The molecule has 0 bridgehead atoms. The van der Waals surface area contributed by atoms with Gasteiger partial charge in [-0.1, -0.05) is 0 Å². The third-order valence-corrected chi connectivity index (χ3v) is 3.84. The summed E-state index contributed by atoms with van der Waals surface area (Å²) in [6.07, 6.45) is 5.48. The fraction of sp³-hybridized carbons (Fsp3) is 0.786. The second-order valence-electron chi connectivity index (χ2n) is 5.94. The Balaban J connectivity index is 2.02. The molecule has 1 aromatic heterocycles. The molecule has 0 amide bonds. The molecule has 0 spiro atoms. The highest BCUT2D eigenvalue weighted by Gasteiger charge is 2.30. The van der Waals surface area contributed by atoms with E-state index in [2.05, 4.69) is 30.9 Å². The van der Waals surface area contributed by atoms with E-state index in [-0.39, 0.29) is 0 Å². The minimum Gasteiger partial charge on any atom is -0.389 e. The maximum absolute atomic E-state index is 10.7. The number of hydrogen-bond acceptors (Lipinski definition) is 3. The van der Waals surface area contributed by atoms with Gasteiger partial charge in [0, 0.05) is 25.2 Å². The molecule has 1 N–H and O–H groups in total. The molecule has 1 saturated heterocycles. The average Bonchev–Trinajstić information content (AvgIpc) is 2.68. The molecule has 1 aliphatic heterocycles. The van der Waals surface area contributed by atoms with Gasteiger partial charge in [0.15, 0.2) is 0 Å². The van der Waals surface area contributed by atoms with Crippen LogP contribution in [0.5, 0.6) is 0 Å². The number of hydrogen-bond donors (Lipinski definition) is 1. The second kappa shape index (κ2) is 5.41. The van der Waals surface area contributed by atoms with Crippen molar-refractivity contribution in [3.05, 3.63) is 18.0 Å². The molecule has 4 nitrogen and oxygen atoms in total. The molecule has 0 aliphatic carbocycles. The molecule has 1 aliphatic rings. The van der Waals surface area contributed by atoms with Crippen LogP contribution in [0.2, 0.25) is 0 Å². The van der Waals surface area contributed by atoms with E-state index in [0.717, 1.165) is 38.0 Å². The molecule has 102 valence electrons. The van der Waals surface area contributed by atoms with E-state index in [1.165, 1.54) is 0 Å². The average molecular weight is 251 g/mol. The zero-order chi connectivity index (χ0) is 13.2. The van der Waals surface area contributed by atoms with Crippen molar-refractivity contribution in [2.45, 2.75) is 51.2 Å². The van der Waals surface area contributed by atoms with E-state index in [1.54, 1.807) is 0 Å². The minimum absolute atomic E-state index is 0.383. The Hall–Kier alpha value is -0.870. The number of aromatic nitrogens is 2. The molecule has 18 heavy (non-hydrogen) atoms. The van der Waals surface area contributed by atoms with Crippen LogP contribution in [0.25, 0.3) is 0 Å². The normalized spacial score (nSPS) is 26.5. The predicted octanol–water partition coefficient (Wildman–Crippen LogP) is 1.85. The summed E-state index contributed by atoms with van der Waals surface area (Å²) in [6, 6.07) is 2.42. The maximum atomic E-state index is 10.7. The first-order valence-electron chi connectivity index (χ1n) is 6.93. The molecule has 0 radical (unpaired) electrons. The van der Waals surface area contributed by atoms with Gasteiger partial charge in [-0.3, -0.25) is 4.68 Å². The van der Waals surface area contributed by atoms with E-state index in [0.29, 0.717) is 12.5 Å². The zero-order valence-electron chi connectivity index (χ0n) is 11.8. The first-order chi connectivity index (χ1) is 8.48. The van der Waals surface area contributed by atoms with Gasteiger partial charge in [0.2, 0.25) is 0 Å². The summed E-state index contributed by atoms with van der Waals surface area (Å²) in [6.45, 7) is 6.29. The Bertz CT molecular complexity index is 388. The third kappa shape index (κ3) is 3.33. The van der Waals surface area contributed by atoms with Gasteiger partial charge in [-0.25, -0.2) is 0 Å². The first kappa shape index (κ1) is 13.6. The van der Waals surface area contributed by atoms with Gasteiger partial charge >= 0.3 is 0 Å². The molecular formula is C14H25N3O. The lowest BCUT2D eigenvalue weighted by molar-refractivity contribution is 0.0252. The summed E-state index contributed by atoms with van der Waals surface area (Å²) < 4.78 is 1.96.